The van der Waals surface area contributed by atoms with E-state index in [0.29, 0.717) is 11.5 Å². The molecule has 1 aliphatic rings. The largest absolute Gasteiger partial charge is 0.308 e. The van der Waals surface area contributed by atoms with Gasteiger partial charge in [-0.25, -0.2) is 4.98 Å². The molecule has 1 aliphatic heterocycles. The molecule has 3 rings (SSSR count). The van der Waals surface area contributed by atoms with Crippen molar-refractivity contribution >= 4 is 21.6 Å². The van der Waals surface area contributed by atoms with Crippen molar-refractivity contribution in [3.05, 3.63) is 29.3 Å². The van der Waals surface area contributed by atoms with Gasteiger partial charge in [-0.15, -0.1) is 11.3 Å². The van der Waals surface area contributed by atoms with E-state index in [-0.39, 0.29) is 0 Å². The summed E-state index contributed by atoms with van der Waals surface area (Å²) in [5.41, 5.74) is 1.55. The Morgan fingerprint density at radius 1 is 1.33 bits per heavy atom. The number of benzene rings is 1. The van der Waals surface area contributed by atoms with E-state index in [4.69, 9.17) is 4.98 Å². The third kappa shape index (κ3) is 3.44. The maximum absolute atomic E-state index is 4.76. The van der Waals surface area contributed by atoms with Crippen LogP contribution < -0.4 is 5.32 Å². The minimum Gasteiger partial charge on any atom is -0.308 e. The number of para-hydroxylation sites is 1. The SMILES string of the molecule is CC(NCC1(C)CCN(C)CC1)c1nc2ccccc2s1. The minimum absolute atomic E-state index is 0.332. The van der Waals surface area contributed by atoms with Crippen LogP contribution in [-0.4, -0.2) is 36.6 Å². The molecule has 21 heavy (non-hydrogen) atoms. The van der Waals surface area contributed by atoms with Crippen molar-refractivity contribution in [3.63, 3.8) is 0 Å². The van der Waals surface area contributed by atoms with Crippen molar-refractivity contribution in [2.24, 2.45) is 5.41 Å². The highest BCUT2D eigenvalue weighted by molar-refractivity contribution is 7.18. The topological polar surface area (TPSA) is 28.2 Å². The van der Waals surface area contributed by atoms with E-state index >= 15 is 0 Å². The van der Waals surface area contributed by atoms with Crippen molar-refractivity contribution in [2.45, 2.75) is 32.7 Å². The maximum atomic E-state index is 4.76. The van der Waals surface area contributed by atoms with E-state index in [2.05, 4.69) is 55.4 Å². The average Bonchev–Trinajstić information content (AvgIpc) is 2.92. The Balaban J connectivity index is 1.62. The molecule has 0 radical (unpaired) electrons. The number of rotatable bonds is 4. The average molecular weight is 303 g/mol. The maximum Gasteiger partial charge on any atom is 0.111 e. The van der Waals surface area contributed by atoms with Crippen molar-refractivity contribution < 1.29 is 0 Å². The monoisotopic (exact) mass is 303 g/mol. The fraction of sp³-hybridized carbons (Fsp3) is 0.588. The van der Waals surface area contributed by atoms with Gasteiger partial charge in [0.2, 0.25) is 0 Å². The molecule has 0 aliphatic carbocycles. The Labute approximate surface area is 131 Å². The summed E-state index contributed by atoms with van der Waals surface area (Å²) in [6, 6.07) is 8.73. The van der Waals surface area contributed by atoms with E-state index in [1.54, 1.807) is 0 Å². The molecule has 1 N–H and O–H groups in total. The highest BCUT2D eigenvalue weighted by Crippen LogP contribution is 2.31. The number of fused-ring (bicyclic) bond motifs is 1. The highest BCUT2D eigenvalue weighted by Gasteiger charge is 2.29. The normalized spacial score (nSPS) is 20.7. The molecule has 0 spiro atoms. The van der Waals surface area contributed by atoms with Gasteiger partial charge >= 0.3 is 0 Å². The molecule has 1 fully saturated rings. The predicted octanol–water partition coefficient (Wildman–Crippen LogP) is 3.68. The van der Waals surface area contributed by atoms with Crippen molar-refractivity contribution in [1.29, 1.82) is 0 Å². The molecule has 4 heteroatoms. The van der Waals surface area contributed by atoms with Crippen molar-refractivity contribution in [3.8, 4) is 0 Å². The first-order valence-electron chi connectivity index (χ1n) is 7.83. The lowest BCUT2D eigenvalue weighted by Crippen LogP contribution is -2.42. The van der Waals surface area contributed by atoms with Gasteiger partial charge in [-0.1, -0.05) is 19.1 Å². The van der Waals surface area contributed by atoms with Crippen LogP contribution in [0.3, 0.4) is 0 Å². The van der Waals surface area contributed by atoms with Crippen molar-refractivity contribution in [1.82, 2.24) is 15.2 Å². The molecule has 1 atom stereocenters. The number of aromatic nitrogens is 1. The van der Waals surface area contributed by atoms with Gasteiger partial charge in [0.1, 0.15) is 5.01 Å². The molecule has 2 heterocycles. The molecule has 1 saturated heterocycles. The Morgan fingerprint density at radius 3 is 2.76 bits per heavy atom. The van der Waals surface area contributed by atoms with Gasteiger partial charge in [0.05, 0.1) is 16.3 Å². The summed E-state index contributed by atoms with van der Waals surface area (Å²) in [5.74, 6) is 0. The van der Waals surface area contributed by atoms with Gasteiger partial charge in [0.15, 0.2) is 0 Å². The van der Waals surface area contributed by atoms with Crippen LogP contribution >= 0.6 is 11.3 Å². The van der Waals surface area contributed by atoms with Crippen LogP contribution in [0.25, 0.3) is 10.2 Å². The van der Waals surface area contributed by atoms with Crippen LogP contribution in [-0.2, 0) is 0 Å². The first-order chi connectivity index (χ1) is 10.1. The molecule has 0 amide bonds. The molecule has 1 aromatic heterocycles. The summed E-state index contributed by atoms with van der Waals surface area (Å²) in [4.78, 5) is 7.19. The van der Waals surface area contributed by atoms with Gasteiger partial charge in [-0.2, -0.15) is 0 Å². The lowest BCUT2D eigenvalue weighted by Gasteiger charge is -2.38. The van der Waals surface area contributed by atoms with Crippen LogP contribution in [0.4, 0.5) is 0 Å². The van der Waals surface area contributed by atoms with E-state index < -0.39 is 0 Å². The third-order valence-corrected chi connectivity index (χ3v) is 5.93. The Bertz CT molecular complexity index is 566. The second-order valence-corrected chi connectivity index (χ2v) is 7.80. The number of hydrogen-bond acceptors (Lipinski definition) is 4. The Morgan fingerprint density at radius 2 is 2.05 bits per heavy atom. The van der Waals surface area contributed by atoms with Crippen LogP contribution in [0.5, 0.6) is 0 Å². The van der Waals surface area contributed by atoms with Crippen LogP contribution in [0, 0.1) is 5.41 Å². The van der Waals surface area contributed by atoms with Gasteiger partial charge < -0.3 is 10.2 Å². The second-order valence-electron chi connectivity index (χ2n) is 6.74. The molecule has 3 nitrogen and oxygen atoms in total. The summed E-state index contributed by atoms with van der Waals surface area (Å²) in [5, 5.41) is 4.92. The number of piperidine rings is 1. The van der Waals surface area contributed by atoms with Crippen LogP contribution in [0.2, 0.25) is 0 Å². The van der Waals surface area contributed by atoms with E-state index in [1.165, 1.54) is 35.6 Å². The van der Waals surface area contributed by atoms with E-state index in [0.717, 1.165) is 12.1 Å². The molecule has 0 saturated carbocycles. The van der Waals surface area contributed by atoms with Gasteiger partial charge in [0, 0.05) is 6.54 Å². The molecule has 114 valence electrons. The summed E-state index contributed by atoms with van der Waals surface area (Å²) in [6.07, 6.45) is 2.56. The molecule has 1 unspecified atom stereocenters. The zero-order valence-electron chi connectivity index (χ0n) is 13.2. The third-order valence-electron chi connectivity index (χ3n) is 4.71. The van der Waals surface area contributed by atoms with Crippen LogP contribution in [0.1, 0.15) is 37.7 Å². The first kappa shape index (κ1) is 14.9. The van der Waals surface area contributed by atoms with Gasteiger partial charge in [-0.3, -0.25) is 0 Å². The quantitative estimate of drug-likeness (QED) is 0.934. The van der Waals surface area contributed by atoms with Gasteiger partial charge in [-0.05, 0) is 57.5 Å². The number of thiazole rings is 1. The lowest BCUT2D eigenvalue weighted by molar-refractivity contribution is 0.134. The van der Waals surface area contributed by atoms with Gasteiger partial charge in [0.25, 0.3) is 0 Å². The first-order valence-corrected chi connectivity index (χ1v) is 8.65. The number of hydrogen-bond donors (Lipinski definition) is 1. The molecular weight excluding hydrogens is 278 g/mol. The zero-order chi connectivity index (χ0) is 14.9. The zero-order valence-corrected chi connectivity index (χ0v) is 14.0. The second kappa shape index (κ2) is 6.03. The Hall–Kier alpha value is -0.970. The number of likely N-dealkylation sites (tertiary alicyclic amines) is 1. The summed E-state index contributed by atoms with van der Waals surface area (Å²) >= 11 is 1.81. The molecule has 0 bridgehead atoms. The van der Waals surface area contributed by atoms with Crippen molar-refractivity contribution in [2.75, 3.05) is 26.7 Å². The van der Waals surface area contributed by atoms with E-state index in [1.807, 2.05) is 11.3 Å². The van der Waals surface area contributed by atoms with E-state index in [9.17, 15) is 0 Å². The molecule has 1 aromatic carbocycles. The smallest absolute Gasteiger partial charge is 0.111 e. The summed E-state index contributed by atoms with van der Waals surface area (Å²) in [6.45, 7) is 8.16. The molecular formula is C17H25N3S. The Kier molecular flexibility index (Phi) is 4.29. The predicted molar refractivity (Wildman–Crippen MR) is 90.9 cm³/mol. The summed E-state index contributed by atoms with van der Waals surface area (Å²) < 4.78 is 1.28. The fourth-order valence-electron chi connectivity index (χ4n) is 2.90. The fourth-order valence-corrected chi connectivity index (χ4v) is 3.89. The minimum atomic E-state index is 0.332. The molecule has 2 aromatic rings. The summed E-state index contributed by atoms with van der Waals surface area (Å²) in [7, 11) is 2.22. The standard InChI is InChI=1S/C17H25N3S/c1-13(16-19-14-6-4-5-7-15(14)21-16)18-12-17(2)8-10-20(3)11-9-17/h4-7,13,18H,8-12H2,1-3H3. The number of nitrogens with one attached hydrogen (secondary N) is 1. The lowest BCUT2D eigenvalue weighted by atomic mass is 9.80. The number of nitrogens with zero attached hydrogens (tertiary/aromatic N) is 2. The highest BCUT2D eigenvalue weighted by atomic mass is 32.1. The van der Waals surface area contributed by atoms with Crippen LogP contribution in [0.15, 0.2) is 24.3 Å².